The molecule has 3 amide bonds. The van der Waals surface area contributed by atoms with Crippen LogP contribution >= 0.6 is 0 Å². The van der Waals surface area contributed by atoms with E-state index in [-0.39, 0.29) is 41.3 Å². The van der Waals surface area contributed by atoms with Gasteiger partial charge in [-0.3, -0.25) is 28.6 Å². The molecule has 0 radical (unpaired) electrons. The van der Waals surface area contributed by atoms with E-state index in [1.807, 2.05) is 11.8 Å². The van der Waals surface area contributed by atoms with Crippen molar-refractivity contribution in [3.63, 3.8) is 0 Å². The van der Waals surface area contributed by atoms with Crippen molar-refractivity contribution in [3.8, 4) is 5.88 Å². The molecule has 12 nitrogen and oxygen atoms in total. The van der Waals surface area contributed by atoms with Crippen LogP contribution in [0.1, 0.15) is 82.7 Å². The van der Waals surface area contributed by atoms with E-state index in [2.05, 4.69) is 4.99 Å². The maximum Gasteiger partial charge on any atom is 0.334 e. The van der Waals surface area contributed by atoms with Crippen LogP contribution in [0.25, 0.3) is 0 Å². The molecule has 5 rings (SSSR count). The molecule has 0 bridgehead atoms. The van der Waals surface area contributed by atoms with Gasteiger partial charge in [-0.25, -0.2) is 9.59 Å². The monoisotopic (exact) mass is 558 g/mol. The zero-order valence-electron chi connectivity index (χ0n) is 23.9. The Bertz CT molecular complexity index is 1310. The first-order valence-electron chi connectivity index (χ1n) is 14.6. The Balaban J connectivity index is 1.37. The highest BCUT2D eigenvalue weighted by atomic mass is 16.5. The summed E-state index contributed by atoms with van der Waals surface area (Å²) in [5, 5.41) is 10.8. The Morgan fingerprint density at radius 1 is 1.10 bits per heavy atom. The number of carbonyl (C=O) groups is 2. The van der Waals surface area contributed by atoms with Gasteiger partial charge < -0.3 is 20.5 Å². The summed E-state index contributed by atoms with van der Waals surface area (Å²) < 4.78 is 7.96. The number of rotatable bonds is 7. The van der Waals surface area contributed by atoms with E-state index < -0.39 is 22.7 Å². The number of hydrogen-bond acceptors (Lipinski definition) is 7. The highest BCUT2D eigenvalue weighted by molar-refractivity contribution is 6.07. The maximum atomic E-state index is 13.5. The smallest absolute Gasteiger partial charge is 0.334 e. The third-order valence-electron chi connectivity index (χ3n) is 9.82. The lowest BCUT2D eigenvalue weighted by molar-refractivity contribution is -0.150. The molecule has 1 aromatic rings. The minimum Gasteiger partial charge on any atom is -0.494 e. The number of likely N-dealkylation sites (N-methyl/N-ethyl adjacent to an activating group) is 1. The summed E-state index contributed by atoms with van der Waals surface area (Å²) in [5.41, 5.74) is 3.79. The van der Waals surface area contributed by atoms with E-state index in [1.54, 1.807) is 7.05 Å². The van der Waals surface area contributed by atoms with Gasteiger partial charge in [0.2, 0.25) is 5.88 Å². The Kier molecular flexibility index (Phi) is 7.58. The van der Waals surface area contributed by atoms with Crippen LogP contribution in [0.3, 0.4) is 0 Å². The van der Waals surface area contributed by atoms with Gasteiger partial charge in [-0.15, -0.1) is 0 Å². The molecule has 2 saturated carbocycles. The van der Waals surface area contributed by atoms with Gasteiger partial charge in [0.1, 0.15) is 16.9 Å². The minimum atomic E-state index is -0.793. The third kappa shape index (κ3) is 4.44. The van der Waals surface area contributed by atoms with Crippen LogP contribution in [0.4, 0.5) is 4.79 Å². The molecule has 2 saturated heterocycles. The number of ether oxygens (including phenoxy) is 1. The number of aromatic nitrogens is 2. The van der Waals surface area contributed by atoms with Crippen LogP contribution in [0, 0.1) is 11.3 Å². The molecule has 0 aromatic carbocycles. The second-order valence-electron chi connectivity index (χ2n) is 12.2. The number of hydrogen-bond donors (Lipinski definition) is 2. The Morgan fingerprint density at radius 2 is 1.75 bits per heavy atom. The van der Waals surface area contributed by atoms with Crippen molar-refractivity contribution < 1.29 is 19.4 Å². The number of aliphatic imine (C=N–C) groups is 1. The Morgan fingerprint density at radius 3 is 2.35 bits per heavy atom. The first-order chi connectivity index (χ1) is 19.1. The quantitative estimate of drug-likeness (QED) is 0.294. The number of nitrogens with zero attached hydrogens (tertiary/aromatic N) is 5. The number of amides is 3. The van der Waals surface area contributed by atoms with E-state index in [0.717, 1.165) is 32.1 Å². The van der Waals surface area contributed by atoms with Crippen molar-refractivity contribution in [1.29, 1.82) is 0 Å². The molecule has 4 fully saturated rings. The highest BCUT2D eigenvalue weighted by Crippen LogP contribution is 2.62. The summed E-state index contributed by atoms with van der Waals surface area (Å²) in [7, 11) is 3.01. The van der Waals surface area contributed by atoms with Gasteiger partial charge in [-0.05, 0) is 69.1 Å². The summed E-state index contributed by atoms with van der Waals surface area (Å²) >= 11 is 0. The molecule has 40 heavy (non-hydrogen) atoms. The molecule has 3 N–H and O–H groups in total. The normalized spacial score (nSPS) is 29.6. The summed E-state index contributed by atoms with van der Waals surface area (Å²) in [6.07, 6.45) is 7.12. The minimum absolute atomic E-state index is 0.104. The average molecular weight is 559 g/mol. The number of aromatic hydroxyl groups is 1. The summed E-state index contributed by atoms with van der Waals surface area (Å²) in [5.74, 6) is -0.336. The van der Waals surface area contributed by atoms with Gasteiger partial charge >= 0.3 is 11.7 Å². The lowest BCUT2D eigenvalue weighted by Gasteiger charge is -2.58. The van der Waals surface area contributed by atoms with Crippen molar-refractivity contribution >= 4 is 17.8 Å². The fraction of sp³-hybridized carbons (Fsp3) is 0.750. The van der Waals surface area contributed by atoms with Crippen molar-refractivity contribution in [2.75, 3.05) is 33.9 Å². The zero-order valence-corrected chi connectivity index (χ0v) is 23.9. The van der Waals surface area contributed by atoms with E-state index in [9.17, 15) is 24.3 Å². The van der Waals surface area contributed by atoms with Gasteiger partial charge in [-0.1, -0.05) is 13.3 Å². The molecule has 2 spiro atoms. The van der Waals surface area contributed by atoms with E-state index in [0.29, 0.717) is 57.8 Å². The lowest BCUT2D eigenvalue weighted by Crippen LogP contribution is -2.64. The number of imide groups is 1. The van der Waals surface area contributed by atoms with Crippen LogP contribution in [-0.2, 0) is 16.1 Å². The molecule has 12 heteroatoms. The first kappa shape index (κ1) is 28.4. The van der Waals surface area contributed by atoms with Crippen molar-refractivity contribution in [2.45, 2.75) is 89.3 Å². The van der Waals surface area contributed by atoms with E-state index in [1.165, 1.54) is 21.1 Å². The molecule has 0 unspecified atom stereocenters. The molecule has 4 aliphatic rings. The number of urea groups is 1. The van der Waals surface area contributed by atoms with Crippen LogP contribution in [0.5, 0.6) is 5.88 Å². The van der Waals surface area contributed by atoms with Crippen molar-refractivity contribution in [1.82, 2.24) is 18.9 Å². The SMILES string of the molecule is CCCCn1c(O)c(C(N)=NC)c(=O)n(C2CCC3(CC2)CC2(C3)C(=O)N(C)C(=O)N2CC2CCOCC2)c1=O. The first-order valence-corrected chi connectivity index (χ1v) is 14.6. The molecule has 2 aliphatic carbocycles. The second kappa shape index (κ2) is 10.7. The summed E-state index contributed by atoms with van der Waals surface area (Å²) in [6.45, 7) is 4.20. The topological polar surface area (TPSA) is 152 Å². The maximum absolute atomic E-state index is 13.5. The van der Waals surface area contributed by atoms with Crippen molar-refractivity contribution in [3.05, 3.63) is 26.4 Å². The molecule has 0 atom stereocenters. The van der Waals surface area contributed by atoms with Crippen molar-refractivity contribution in [2.24, 2.45) is 22.1 Å². The fourth-order valence-corrected chi connectivity index (χ4v) is 7.51. The lowest BCUT2D eigenvalue weighted by atomic mass is 9.51. The van der Waals surface area contributed by atoms with Gasteiger partial charge in [0.15, 0.2) is 0 Å². The molecule has 3 heterocycles. The van der Waals surface area contributed by atoms with Gasteiger partial charge in [0, 0.05) is 46.4 Å². The van der Waals surface area contributed by atoms with Gasteiger partial charge in [0.05, 0.1) is 0 Å². The zero-order chi connectivity index (χ0) is 28.8. The van der Waals surface area contributed by atoms with Crippen LogP contribution in [0.2, 0.25) is 0 Å². The van der Waals surface area contributed by atoms with Gasteiger partial charge in [0.25, 0.3) is 11.5 Å². The second-order valence-corrected chi connectivity index (χ2v) is 12.2. The predicted octanol–water partition coefficient (Wildman–Crippen LogP) is 1.81. The summed E-state index contributed by atoms with van der Waals surface area (Å²) in [4.78, 5) is 60.4. The molecule has 2 aliphatic heterocycles. The van der Waals surface area contributed by atoms with Crippen LogP contribution in [0.15, 0.2) is 14.6 Å². The third-order valence-corrected chi connectivity index (χ3v) is 9.82. The molecule has 220 valence electrons. The largest absolute Gasteiger partial charge is 0.494 e. The van der Waals surface area contributed by atoms with Gasteiger partial charge in [-0.2, -0.15) is 0 Å². The summed E-state index contributed by atoms with van der Waals surface area (Å²) in [6, 6.07) is -0.563. The average Bonchev–Trinajstić information content (AvgIpc) is 3.10. The number of carbonyl (C=O) groups excluding carboxylic acids is 2. The predicted molar refractivity (Wildman–Crippen MR) is 149 cm³/mol. The van der Waals surface area contributed by atoms with E-state index >= 15 is 0 Å². The Labute approximate surface area is 233 Å². The van der Waals surface area contributed by atoms with Crippen LogP contribution in [-0.4, -0.2) is 81.2 Å². The standard InChI is InChI=1S/C28H42N6O6/c1-4-5-12-32-22(35)20(21(29)30-2)23(36)34(26(32)39)19-6-10-27(11-7-19)16-28(17-27)24(37)31(3)25(38)33(28)15-18-8-13-40-14-9-18/h18-19,35H,4-17H2,1-3H3,(H2,29,30). The molecule has 1 aromatic heterocycles. The highest BCUT2D eigenvalue weighted by Gasteiger charge is 2.67. The number of nitrogens with two attached hydrogens (primary N) is 1. The number of amidine groups is 1. The Hall–Kier alpha value is -3.15. The van der Waals surface area contributed by atoms with Crippen LogP contribution < -0.4 is 17.0 Å². The molecular formula is C28H42N6O6. The molecular weight excluding hydrogens is 516 g/mol. The fourth-order valence-electron chi connectivity index (χ4n) is 7.51. The number of unbranched alkanes of at least 4 members (excludes halogenated alkanes) is 1. The van der Waals surface area contributed by atoms with E-state index in [4.69, 9.17) is 10.5 Å².